The minimum Gasteiger partial charge on any atom is -0.368 e. The number of rotatable bonds is 6. The molecule has 5 nitrogen and oxygen atoms in total. The van der Waals surface area contributed by atoms with Crippen LogP contribution in [0.1, 0.15) is 50.7 Å². The minimum absolute atomic E-state index is 0.275. The van der Waals surface area contributed by atoms with E-state index in [0.29, 0.717) is 24.4 Å². The molecule has 1 aromatic heterocycles. The van der Waals surface area contributed by atoms with E-state index < -0.39 is 0 Å². The van der Waals surface area contributed by atoms with Gasteiger partial charge in [-0.05, 0) is 26.3 Å². The van der Waals surface area contributed by atoms with E-state index in [4.69, 9.17) is 9.26 Å². The number of aromatic nitrogens is 2. The highest BCUT2D eigenvalue weighted by atomic mass is 16.5. The van der Waals surface area contributed by atoms with Gasteiger partial charge in [0.1, 0.15) is 6.61 Å². The summed E-state index contributed by atoms with van der Waals surface area (Å²) < 4.78 is 11.1. The quantitative estimate of drug-likeness (QED) is 0.841. The van der Waals surface area contributed by atoms with Crippen molar-refractivity contribution in [1.82, 2.24) is 15.5 Å². The molecule has 0 spiro atoms. The fourth-order valence-corrected chi connectivity index (χ4v) is 2.47. The Morgan fingerprint density at radius 1 is 1.39 bits per heavy atom. The summed E-state index contributed by atoms with van der Waals surface area (Å²) in [5, 5.41) is 7.27. The molecule has 5 heteroatoms. The van der Waals surface area contributed by atoms with Gasteiger partial charge in [-0.25, -0.2) is 0 Å². The maximum atomic E-state index is 5.92. The second-order valence-electron chi connectivity index (χ2n) is 4.88. The van der Waals surface area contributed by atoms with E-state index >= 15 is 0 Å². The van der Waals surface area contributed by atoms with Gasteiger partial charge in [0, 0.05) is 12.5 Å². The van der Waals surface area contributed by atoms with E-state index in [9.17, 15) is 0 Å². The van der Waals surface area contributed by atoms with Crippen LogP contribution in [-0.2, 0) is 17.8 Å². The van der Waals surface area contributed by atoms with E-state index in [1.807, 2.05) is 7.05 Å². The predicted molar refractivity (Wildman–Crippen MR) is 68.2 cm³/mol. The molecule has 0 radical (unpaired) electrons. The van der Waals surface area contributed by atoms with Crippen LogP contribution in [0.4, 0.5) is 0 Å². The van der Waals surface area contributed by atoms with Crippen LogP contribution in [0.15, 0.2) is 4.52 Å². The lowest BCUT2D eigenvalue weighted by Crippen LogP contribution is -2.41. The van der Waals surface area contributed by atoms with Crippen molar-refractivity contribution >= 4 is 0 Å². The molecule has 0 aliphatic heterocycles. The second kappa shape index (κ2) is 6.85. The smallest absolute Gasteiger partial charge is 0.226 e. The van der Waals surface area contributed by atoms with Crippen LogP contribution in [0.3, 0.4) is 0 Å². The summed E-state index contributed by atoms with van der Waals surface area (Å²) in [6.07, 6.45) is 6.98. The van der Waals surface area contributed by atoms with Gasteiger partial charge in [0.2, 0.25) is 5.89 Å². The van der Waals surface area contributed by atoms with Crippen LogP contribution in [0.2, 0.25) is 0 Å². The molecule has 2 rings (SSSR count). The second-order valence-corrected chi connectivity index (χ2v) is 4.88. The third-order valence-corrected chi connectivity index (χ3v) is 3.47. The minimum atomic E-state index is 0.275. The first-order valence-electron chi connectivity index (χ1n) is 6.93. The van der Waals surface area contributed by atoms with Gasteiger partial charge in [0.05, 0.1) is 6.10 Å². The van der Waals surface area contributed by atoms with Crippen molar-refractivity contribution in [3.8, 4) is 0 Å². The molecular formula is C13H23N3O2. The molecule has 0 aromatic carbocycles. The van der Waals surface area contributed by atoms with Crippen molar-refractivity contribution in [3.05, 3.63) is 11.7 Å². The summed E-state index contributed by atoms with van der Waals surface area (Å²) in [6, 6.07) is 0.459. The first-order chi connectivity index (χ1) is 8.83. The van der Waals surface area contributed by atoms with Gasteiger partial charge in [-0.2, -0.15) is 4.98 Å². The van der Waals surface area contributed by atoms with E-state index in [2.05, 4.69) is 22.4 Å². The maximum Gasteiger partial charge on any atom is 0.226 e. The zero-order valence-electron chi connectivity index (χ0n) is 11.3. The Kier molecular flexibility index (Phi) is 5.13. The number of nitrogens with zero attached hydrogens (tertiary/aromatic N) is 2. The number of hydrogen-bond donors (Lipinski definition) is 1. The Morgan fingerprint density at radius 3 is 3.00 bits per heavy atom. The van der Waals surface area contributed by atoms with Crippen LogP contribution >= 0.6 is 0 Å². The first-order valence-corrected chi connectivity index (χ1v) is 6.93. The lowest BCUT2D eigenvalue weighted by Gasteiger charge is -2.30. The third kappa shape index (κ3) is 3.53. The number of hydrogen-bond acceptors (Lipinski definition) is 5. The average Bonchev–Trinajstić information content (AvgIpc) is 2.85. The highest BCUT2D eigenvalue weighted by Gasteiger charge is 2.24. The molecule has 1 aliphatic carbocycles. The molecule has 2 atom stereocenters. The van der Waals surface area contributed by atoms with E-state index in [1.165, 1.54) is 19.3 Å². The summed E-state index contributed by atoms with van der Waals surface area (Å²) in [5.41, 5.74) is 0. The Hall–Kier alpha value is -0.940. The van der Waals surface area contributed by atoms with Crippen molar-refractivity contribution in [2.45, 2.75) is 64.2 Å². The Balaban J connectivity index is 1.81. The zero-order valence-corrected chi connectivity index (χ0v) is 11.3. The van der Waals surface area contributed by atoms with Crippen LogP contribution < -0.4 is 5.32 Å². The largest absolute Gasteiger partial charge is 0.368 e. The van der Waals surface area contributed by atoms with Crippen molar-refractivity contribution in [2.24, 2.45) is 0 Å². The molecule has 1 saturated carbocycles. The van der Waals surface area contributed by atoms with Crippen LogP contribution in [-0.4, -0.2) is 29.3 Å². The number of aryl methyl sites for hydroxylation is 1. The maximum absolute atomic E-state index is 5.92. The van der Waals surface area contributed by atoms with Gasteiger partial charge in [-0.3, -0.25) is 0 Å². The monoisotopic (exact) mass is 253 g/mol. The van der Waals surface area contributed by atoms with E-state index in [-0.39, 0.29) is 6.10 Å². The first kappa shape index (κ1) is 13.5. The number of nitrogens with one attached hydrogen (secondary N) is 1. The SMILES string of the molecule is CCCc1nc(COC2CCCCC2NC)no1. The molecule has 2 unspecified atom stereocenters. The summed E-state index contributed by atoms with van der Waals surface area (Å²) in [6.45, 7) is 2.55. The van der Waals surface area contributed by atoms with Crippen LogP contribution in [0, 0.1) is 0 Å². The average molecular weight is 253 g/mol. The zero-order chi connectivity index (χ0) is 12.8. The topological polar surface area (TPSA) is 60.2 Å². The van der Waals surface area contributed by atoms with Crippen molar-refractivity contribution in [1.29, 1.82) is 0 Å². The molecule has 0 bridgehead atoms. The molecule has 0 amide bonds. The van der Waals surface area contributed by atoms with Gasteiger partial charge in [0.25, 0.3) is 0 Å². The summed E-state index contributed by atoms with van der Waals surface area (Å²) >= 11 is 0. The number of ether oxygens (including phenoxy) is 1. The van der Waals surface area contributed by atoms with E-state index in [1.54, 1.807) is 0 Å². The van der Waals surface area contributed by atoms with Gasteiger partial charge >= 0.3 is 0 Å². The molecule has 1 heterocycles. The van der Waals surface area contributed by atoms with Gasteiger partial charge in [-0.1, -0.05) is 24.9 Å². The molecule has 1 aromatic rings. The normalized spacial score (nSPS) is 24.3. The fourth-order valence-electron chi connectivity index (χ4n) is 2.47. The lowest BCUT2D eigenvalue weighted by molar-refractivity contribution is -0.00715. The van der Waals surface area contributed by atoms with Crippen molar-refractivity contribution in [3.63, 3.8) is 0 Å². The molecule has 1 N–H and O–H groups in total. The van der Waals surface area contributed by atoms with Gasteiger partial charge < -0.3 is 14.6 Å². The van der Waals surface area contributed by atoms with Crippen molar-refractivity contribution < 1.29 is 9.26 Å². The highest BCUT2D eigenvalue weighted by molar-refractivity contribution is 4.86. The van der Waals surface area contributed by atoms with E-state index in [0.717, 1.165) is 19.3 Å². The molecule has 1 fully saturated rings. The third-order valence-electron chi connectivity index (χ3n) is 3.47. The predicted octanol–water partition coefficient (Wildman–Crippen LogP) is 2.07. The Labute approximate surface area is 108 Å². The summed E-state index contributed by atoms with van der Waals surface area (Å²) in [5.74, 6) is 1.38. The molecular weight excluding hydrogens is 230 g/mol. The fraction of sp³-hybridized carbons (Fsp3) is 0.846. The molecule has 18 heavy (non-hydrogen) atoms. The van der Waals surface area contributed by atoms with Crippen LogP contribution in [0.5, 0.6) is 0 Å². The highest BCUT2D eigenvalue weighted by Crippen LogP contribution is 2.21. The summed E-state index contributed by atoms with van der Waals surface area (Å²) in [7, 11) is 2.00. The standard InChI is InChI=1S/C13H23N3O2/c1-3-6-13-15-12(16-18-13)9-17-11-8-5-4-7-10(11)14-2/h10-11,14H,3-9H2,1-2H3. The Morgan fingerprint density at radius 2 is 2.22 bits per heavy atom. The lowest BCUT2D eigenvalue weighted by atomic mass is 9.92. The molecule has 0 saturated heterocycles. The molecule has 1 aliphatic rings. The Bertz CT molecular complexity index is 354. The number of likely N-dealkylation sites (N-methyl/N-ethyl adjacent to an activating group) is 1. The van der Waals surface area contributed by atoms with Crippen molar-refractivity contribution in [2.75, 3.05) is 7.05 Å². The van der Waals surface area contributed by atoms with Gasteiger partial charge in [-0.15, -0.1) is 0 Å². The van der Waals surface area contributed by atoms with Gasteiger partial charge in [0.15, 0.2) is 5.82 Å². The molecule has 102 valence electrons. The summed E-state index contributed by atoms with van der Waals surface area (Å²) in [4.78, 5) is 4.31. The van der Waals surface area contributed by atoms with Crippen LogP contribution in [0.25, 0.3) is 0 Å².